The normalized spacial score (nSPS) is 12.4. The molecule has 2 aromatic rings. The van der Waals surface area contributed by atoms with Gasteiger partial charge in [0.15, 0.2) is 6.04 Å². The van der Waals surface area contributed by atoms with Crippen LogP contribution in [-0.2, 0) is 20.7 Å². The number of carbonyl (C=O) groups excluding carboxylic acids is 2. The maximum Gasteiger partial charge on any atom is 0.573 e. The minimum Gasteiger partial charge on any atom is -0.467 e. The van der Waals surface area contributed by atoms with E-state index in [0.29, 0.717) is 6.42 Å². The first-order valence-corrected chi connectivity index (χ1v) is 8.71. The van der Waals surface area contributed by atoms with Gasteiger partial charge in [0.05, 0.1) is 7.11 Å². The lowest BCUT2D eigenvalue weighted by Crippen LogP contribution is -2.35. The van der Waals surface area contributed by atoms with Crippen molar-refractivity contribution < 1.29 is 32.2 Å². The van der Waals surface area contributed by atoms with Crippen molar-refractivity contribution in [2.24, 2.45) is 0 Å². The summed E-state index contributed by atoms with van der Waals surface area (Å²) in [5.74, 6) is -2.05. The van der Waals surface area contributed by atoms with Crippen molar-refractivity contribution in [3.8, 4) is 5.75 Å². The van der Waals surface area contributed by atoms with Gasteiger partial charge < -0.3 is 14.8 Å². The zero-order chi connectivity index (χ0) is 21.3. The molecular weight excluding hydrogens is 387 g/mol. The van der Waals surface area contributed by atoms with Crippen LogP contribution in [-0.4, -0.2) is 25.3 Å². The topological polar surface area (TPSA) is 64.6 Å². The van der Waals surface area contributed by atoms with E-state index in [-0.39, 0.29) is 12.0 Å². The Balaban J connectivity index is 2.07. The summed E-state index contributed by atoms with van der Waals surface area (Å²) in [6, 6.07) is 13.2. The second-order valence-electron chi connectivity index (χ2n) is 5.97. The standard InChI is InChI=1S/C21H20F3NO4/c1-28-20(27)19(16-12-6-7-13-17(16)29-21(22,23)24)25-18(26)14-8-5-11-15-9-3-2-4-10-15/h2-10,12-13,19H,11,14H2,1H3,(H,25,26)/b8-5+. The Morgan fingerprint density at radius 1 is 1.03 bits per heavy atom. The molecule has 0 saturated carbocycles. The van der Waals surface area contributed by atoms with Gasteiger partial charge in [0.1, 0.15) is 5.75 Å². The van der Waals surface area contributed by atoms with E-state index in [1.807, 2.05) is 30.3 Å². The number of rotatable bonds is 8. The molecule has 2 rings (SSSR count). The van der Waals surface area contributed by atoms with Crippen LogP contribution in [0.4, 0.5) is 13.2 Å². The zero-order valence-electron chi connectivity index (χ0n) is 15.6. The predicted molar refractivity (Wildman–Crippen MR) is 99.9 cm³/mol. The Labute approximate surface area is 166 Å². The highest BCUT2D eigenvalue weighted by Crippen LogP contribution is 2.31. The number of hydrogen-bond donors (Lipinski definition) is 1. The van der Waals surface area contributed by atoms with Gasteiger partial charge in [-0.15, -0.1) is 13.2 Å². The van der Waals surface area contributed by atoms with Crippen LogP contribution in [0, 0.1) is 0 Å². The summed E-state index contributed by atoms with van der Waals surface area (Å²) in [6.07, 6.45) is -0.960. The van der Waals surface area contributed by atoms with Gasteiger partial charge in [-0.2, -0.15) is 0 Å². The molecule has 0 aliphatic heterocycles. The van der Waals surface area contributed by atoms with Crippen molar-refractivity contribution in [2.75, 3.05) is 7.11 Å². The summed E-state index contributed by atoms with van der Waals surface area (Å²) >= 11 is 0. The van der Waals surface area contributed by atoms with E-state index in [9.17, 15) is 22.8 Å². The molecule has 1 unspecified atom stereocenters. The molecule has 1 N–H and O–H groups in total. The smallest absolute Gasteiger partial charge is 0.467 e. The number of alkyl halides is 3. The van der Waals surface area contributed by atoms with Crippen LogP contribution in [0.5, 0.6) is 5.75 Å². The molecule has 0 radical (unpaired) electrons. The lowest BCUT2D eigenvalue weighted by Gasteiger charge is -2.20. The van der Waals surface area contributed by atoms with Crippen LogP contribution in [0.1, 0.15) is 23.6 Å². The molecule has 0 fully saturated rings. The molecule has 8 heteroatoms. The molecule has 0 aliphatic carbocycles. The highest BCUT2D eigenvalue weighted by Gasteiger charge is 2.34. The first-order valence-electron chi connectivity index (χ1n) is 8.71. The quantitative estimate of drug-likeness (QED) is 0.529. The average molecular weight is 407 g/mol. The summed E-state index contributed by atoms with van der Waals surface area (Å²) in [6.45, 7) is 0. The Morgan fingerprint density at radius 3 is 2.34 bits per heavy atom. The van der Waals surface area contributed by atoms with E-state index < -0.39 is 30.0 Å². The minimum absolute atomic E-state index is 0.0530. The van der Waals surface area contributed by atoms with Gasteiger partial charge in [0.2, 0.25) is 5.91 Å². The van der Waals surface area contributed by atoms with E-state index in [1.165, 1.54) is 18.2 Å². The number of esters is 1. The van der Waals surface area contributed by atoms with Crippen LogP contribution >= 0.6 is 0 Å². The van der Waals surface area contributed by atoms with E-state index in [4.69, 9.17) is 0 Å². The third kappa shape index (κ3) is 7.33. The summed E-state index contributed by atoms with van der Waals surface area (Å²) < 4.78 is 46.5. The van der Waals surface area contributed by atoms with E-state index >= 15 is 0 Å². The number of methoxy groups -OCH3 is 1. The van der Waals surface area contributed by atoms with Crippen molar-refractivity contribution in [1.29, 1.82) is 0 Å². The molecule has 0 aromatic heterocycles. The minimum atomic E-state index is -4.94. The van der Waals surface area contributed by atoms with E-state index in [1.54, 1.807) is 12.2 Å². The van der Waals surface area contributed by atoms with Crippen LogP contribution in [0.2, 0.25) is 0 Å². The number of amides is 1. The number of halogens is 3. The summed E-state index contributed by atoms with van der Waals surface area (Å²) in [5.41, 5.74) is 0.910. The summed E-state index contributed by atoms with van der Waals surface area (Å²) in [5, 5.41) is 2.40. The fraction of sp³-hybridized carbons (Fsp3) is 0.238. The molecule has 1 atom stereocenters. The van der Waals surface area contributed by atoms with Crippen molar-refractivity contribution in [2.45, 2.75) is 25.2 Å². The second kappa shape index (κ2) is 10.3. The van der Waals surface area contributed by atoms with Gasteiger partial charge in [-0.3, -0.25) is 4.79 Å². The first kappa shape index (κ1) is 22.0. The molecule has 0 spiro atoms. The van der Waals surface area contributed by atoms with E-state index in [0.717, 1.165) is 18.7 Å². The molecule has 5 nitrogen and oxygen atoms in total. The highest BCUT2D eigenvalue weighted by molar-refractivity contribution is 5.86. The van der Waals surface area contributed by atoms with Crippen molar-refractivity contribution in [1.82, 2.24) is 5.32 Å². The fourth-order valence-electron chi connectivity index (χ4n) is 2.56. The maximum atomic E-state index is 12.6. The lowest BCUT2D eigenvalue weighted by atomic mass is 10.1. The molecule has 2 aromatic carbocycles. The number of para-hydroxylation sites is 1. The number of hydrogen-bond acceptors (Lipinski definition) is 4. The molecular formula is C21H20F3NO4. The van der Waals surface area contributed by atoms with Gasteiger partial charge in [0.25, 0.3) is 0 Å². The first-order chi connectivity index (χ1) is 13.8. The zero-order valence-corrected chi connectivity index (χ0v) is 15.6. The van der Waals surface area contributed by atoms with Crippen LogP contribution in [0.3, 0.4) is 0 Å². The van der Waals surface area contributed by atoms with Crippen molar-refractivity contribution in [3.05, 3.63) is 77.9 Å². The summed E-state index contributed by atoms with van der Waals surface area (Å²) in [4.78, 5) is 24.3. The number of carbonyl (C=O) groups is 2. The Morgan fingerprint density at radius 2 is 1.69 bits per heavy atom. The maximum absolute atomic E-state index is 12.6. The third-order valence-corrected chi connectivity index (χ3v) is 3.86. The van der Waals surface area contributed by atoms with Crippen LogP contribution in [0.25, 0.3) is 0 Å². The third-order valence-electron chi connectivity index (χ3n) is 3.86. The average Bonchev–Trinajstić information content (AvgIpc) is 2.69. The molecule has 0 aliphatic rings. The monoisotopic (exact) mass is 407 g/mol. The molecule has 0 heterocycles. The van der Waals surface area contributed by atoms with Gasteiger partial charge in [-0.25, -0.2) is 4.79 Å². The Bertz CT molecular complexity index is 851. The van der Waals surface area contributed by atoms with Crippen molar-refractivity contribution in [3.63, 3.8) is 0 Å². The largest absolute Gasteiger partial charge is 0.573 e. The SMILES string of the molecule is COC(=O)C(NC(=O)C/C=C/Cc1ccccc1)c1ccccc1OC(F)(F)F. The number of benzene rings is 2. The number of allylic oxidation sites excluding steroid dienone is 1. The number of nitrogens with one attached hydrogen (secondary N) is 1. The predicted octanol–water partition coefficient (Wildman–Crippen LogP) is 4.10. The Kier molecular flexibility index (Phi) is 7.82. The highest BCUT2D eigenvalue weighted by atomic mass is 19.4. The molecule has 0 bridgehead atoms. The van der Waals surface area contributed by atoms with Crippen molar-refractivity contribution >= 4 is 11.9 Å². The Hall–Kier alpha value is -3.29. The van der Waals surface area contributed by atoms with Gasteiger partial charge >= 0.3 is 12.3 Å². The van der Waals surface area contributed by atoms with Gasteiger partial charge in [-0.05, 0) is 18.1 Å². The van der Waals surface area contributed by atoms with Crippen LogP contribution in [0.15, 0.2) is 66.7 Å². The van der Waals surface area contributed by atoms with Gasteiger partial charge in [0, 0.05) is 12.0 Å². The molecule has 1 amide bonds. The summed E-state index contributed by atoms with van der Waals surface area (Å²) in [7, 11) is 1.08. The lowest BCUT2D eigenvalue weighted by molar-refractivity contribution is -0.275. The molecule has 29 heavy (non-hydrogen) atoms. The number of ether oxygens (including phenoxy) is 2. The molecule has 0 saturated heterocycles. The van der Waals surface area contributed by atoms with Gasteiger partial charge in [-0.1, -0.05) is 60.7 Å². The van der Waals surface area contributed by atoms with E-state index in [2.05, 4.69) is 14.8 Å². The second-order valence-corrected chi connectivity index (χ2v) is 5.97. The molecule has 154 valence electrons. The fourth-order valence-corrected chi connectivity index (χ4v) is 2.56. The van der Waals surface area contributed by atoms with Crippen LogP contribution < -0.4 is 10.1 Å².